The van der Waals surface area contributed by atoms with Crippen LogP contribution >= 0.6 is 0 Å². The van der Waals surface area contributed by atoms with Crippen LogP contribution in [0.1, 0.15) is 20.3 Å². The van der Waals surface area contributed by atoms with Crippen LogP contribution in [0.3, 0.4) is 0 Å². The Morgan fingerprint density at radius 2 is 1.91 bits per heavy atom. The molecule has 11 heavy (non-hydrogen) atoms. The van der Waals surface area contributed by atoms with E-state index in [4.69, 9.17) is 0 Å². The maximum atomic E-state index is 11.3. The normalized spacial score (nSPS) is 37.3. The summed E-state index contributed by atoms with van der Waals surface area (Å²) in [7, 11) is 4.40. The molecule has 0 aliphatic carbocycles. The molecule has 0 saturated carbocycles. The topological polar surface area (TPSA) is 17.1 Å². The van der Waals surface area contributed by atoms with Gasteiger partial charge >= 0.3 is 0 Å². The number of carbonyl (C=O) groups excluding carboxylic acids is 1. The van der Waals surface area contributed by atoms with Crippen LogP contribution in [-0.4, -0.2) is 36.9 Å². The molecule has 0 amide bonds. The van der Waals surface area contributed by atoms with Gasteiger partial charge in [-0.2, -0.15) is 0 Å². The number of likely N-dealkylation sites (tertiary alicyclic amines) is 1. The van der Waals surface area contributed by atoms with Crippen molar-refractivity contribution in [1.29, 1.82) is 0 Å². The summed E-state index contributed by atoms with van der Waals surface area (Å²) in [4.78, 5) is 11.3. The average molecular weight is 156 g/mol. The minimum atomic E-state index is 0.249. The molecule has 2 atom stereocenters. The molecule has 64 valence electrons. The first-order valence-electron chi connectivity index (χ1n) is 4.30. The number of piperidine rings is 1. The van der Waals surface area contributed by atoms with Gasteiger partial charge in [-0.1, -0.05) is 0 Å². The van der Waals surface area contributed by atoms with Gasteiger partial charge in [0.05, 0.1) is 39.0 Å². The highest BCUT2D eigenvalue weighted by molar-refractivity contribution is 5.81. The number of rotatable bonds is 0. The molecule has 0 aromatic heterocycles. The van der Waals surface area contributed by atoms with Crippen LogP contribution in [0.4, 0.5) is 0 Å². The van der Waals surface area contributed by atoms with E-state index in [9.17, 15) is 4.79 Å². The van der Waals surface area contributed by atoms with E-state index in [0.29, 0.717) is 11.8 Å². The number of hydrogen-bond acceptors (Lipinski definition) is 1. The molecular formula is C9H18NO+. The molecule has 1 rings (SSSR count). The van der Waals surface area contributed by atoms with Gasteiger partial charge in [0.15, 0.2) is 0 Å². The molecule has 0 spiro atoms. The van der Waals surface area contributed by atoms with E-state index < -0.39 is 0 Å². The van der Waals surface area contributed by atoms with Crippen molar-refractivity contribution >= 4 is 5.78 Å². The minimum Gasteiger partial charge on any atom is -0.325 e. The predicted molar refractivity (Wildman–Crippen MR) is 45.2 cm³/mol. The molecule has 1 saturated heterocycles. The van der Waals surface area contributed by atoms with E-state index in [0.717, 1.165) is 17.4 Å². The van der Waals surface area contributed by atoms with Gasteiger partial charge in [0.1, 0.15) is 5.78 Å². The number of quaternary nitrogens is 1. The highest BCUT2D eigenvalue weighted by atomic mass is 16.1. The van der Waals surface area contributed by atoms with Crippen LogP contribution < -0.4 is 0 Å². The number of Topliss-reactive ketones (excluding diaryl/α,β-unsaturated/α-hetero) is 1. The van der Waals surface area contributed by atoms with Gasteiger partial charge in [0.2, 0.25) is 0 Å². The van der Waals surface area contributed by atoms with Gasteiger partial charge in [-0.15, -0.1) is 0 Å². The van der Waals surface area contributed by atoms with Gasteiger partial charge in [-0.3, -0.25) is 4.79 Å². The Kier molecular flexibility index (Phi) is 2.06. The lowest BCUT2D eigenvalue weighted by Crippen LogP contribution is -2.56. The molecule has 0 aromatic carbocycles. The molecule has 0 unspecified atom stereocenters. The van der Waals surface area contributed by atoms with E-state index in [2.05, 4.69) is 21.0 Å². The summed E-state index contributed by atoms with van der Waals surface area (Å²) >= 11 is 0. The Balaban J connectivity index is 2.75. The summed E-state index contributed by atoms with van der Waals surface area (Å²) in [6.45, 7) is 5.22. The van der Waals surface area contributed by atoms with Crippen molar-refractivity contribution in [2.45, 2.75) is 26.3 Å². The van der Waals surface area contributed by atoms with Crippen molar-refractivity contribution in [2.24, 2.45) is 5.92 Å². The maximum absolute atomic E-state index is 11.3. The fourth-order valence-electron chi connectivity index (χ4n) is 1.70. The first-order valence-corrected chi connectivity index (χ1v) is 4.30. The van der Waals surface area contributed by atoms with Gasteiger partial charge in [0, 0.05) is 0 Å². The first kappa shape index (κ1) is 8.72. The predicted octanol–water partition coefficient (Wildman–Crippen LogP) is 1.06. The third kappa shape index (κ3) is 1.45. The Morgan fingerprint density at radius 3 is 2.36 bits per heavy atom. The van der Waals surface area contributed by atoms with Gasteiger partial charge in [-0.25, -0.2) is 0 Å². The van der Waals surface area contributed by atoms with Crippen molar-refractivity contribution in [3.8, 4) is 0 Å². The number of ketones is 1. The lowest BCUT2D eigenvalue weighted by Gasteiger charge is -2.42. The van der Waals surface area contributed by atoms with Gasteiger partial charge in [0.25, 0.3) is 0 Å². The van der Waals surface area contributed by atoms with Crippen LogP contribution in [0, 0.1) is 5.92 Å². The van der Waals surface area contributed by atoms with Crippen LogP contribution in [0.5, 0.6) is 0 Å². The fraction of sp³-hybridized carbons (Fsp3) is 0.889. The monoisotopic (exact) mass is 156 g/mol. The second-order valence-electron chi connectivity index (χ2n) is 4.25. The highest BCUT2D eigenvalue weighted by Crippen LogP contribution is 2.23. The molecule has 1 heterocycles. The van der Waals surface area contributed by atoms with E-state index in [1.165, 1.54) is 0 Å². The molecule has 2 nitrogen and oxygen atoms in total. The SMILES string of the molecule is C[C@@H]1C(=O)CC[N+](C)(C)[C@@H]1C. The molecule has 1 aliphatic rings. The second-order valence-corrected chi connectivity index (χ2v) is 4.25. The molecular weight excluding hydrogens is 138 g/mol. The zero-order chi connectivity index (χ0) is 8.65. The lowest BCUT2D eigenvalue weighted by molar-refractivity contribution is -0.917. The summed E-state index contributed by atoms with van der Waals surface area (Å²) in [5.41, 5.74) is 0. The van der Waals surface area contributed by atoms with Crippen LogP contribution in [0.25, 0.3) is 0 Å². The van der Waals surface area contributed by atoms with Gasteiger partial charge in [-0.05, 0) is 13.8 Å². The van der Waals surface area contributed by atoms with Crippen molar-refractivity contribution < 1.29 is 9.28 Å². The summed E-state index contributed by atoms with van der Waals surface area (Å²) in [5.74, 6) is 0.689. The molecule has 1 aliphatic heterocycles. The quantitative estimate of drug-likeness (QED) is 0.479. The third-order valence-electron chi connectivity index (χ3n) is 3.27. The summed E-state index contributed by atoms with van der Waals surface area (Å²) in [5, 5.41) is 0. The van der Waals surface area contributed by atoms with Crippen LogP contribution in [0.15, 0.2) is 0 Å². The highest BCUT2D eigenvalue weighted by Gasteiger charge is 2.37. The molecule has 1 fully saturated rings. The zero-order valence-corrected chi connectivity index (χ0v) is 7.92. The molecule has 2 heteroatoms. The Morgan fingerprint density at radius 1 is 1.36 bits per heavy atom. The smallest absolute Gasteiger partial charge is 0.147 e. The summed E-state index contributed by atoms with van der Waals surface area (Å²) < 4.78 is 0.993. The largest absolute Gasteiger partial charge is 0.325 e. The fourth-order valence-corrected chi connectivity index (χ4v) is 1.70. The molecule has 0 radical (unpaired) electrons. The van der Waals surface area contributed by atoms with Crippen molar-refractivity contribution in [2.75, 3.05) is 20.6 Å². The van der Waals surface area contributed by atoms with E-state index in [1.807, 2.05) is 6.92 Å². The van der Waals surface area contributed by atoms with Gasteiger partial charge < -0.3 is 4.48 Å². The Hall–Kier alpha value is -0.370. The standard InChI is InChI=1S/C9H18NO/c1-7-8(2)10(3,4)6-5-9(7)11/h7-8H,5-6H2,1-4H3/q+1/t7-,8+/m0/s1. The van der Waals surface area contributed by atoms with Crippen LogP contribution in [-0.2, 0) is 4.79 Å². The van der Waals surface area contributed by atoms with E-state index >= 15 is 0 Å². The maximum Gasteiger partial charge on any atom is 0.147 e. The summed E-state index contributed by atoms with van der Waals surface area (Å²) in [6, 6.07) is 0.483. The molecule has 0 bridgehead atoms. The van der Waals surface area contributed by atoms with E-state index in [-0.39, 0.29) is 5.92 Å². The van der Waals surface area contributed by atoms with Crippen molar-refractivity contribution in [3.05, 3.63) is 0 Å². The summed E-state index contributed by atoms with van der Waals surface area (Å²) in [6.07, 6.45) is 0.762. The van der Waals surface area contributed by atoms with Crippen LogP contribution in [0.2, 0.25) is 0 Å². The van der Waals surface area contributed by atoms with E-state index in [1.54, 1.807) is 0 Å². The Labute approximate surface area is 68.8 Å². The van der Waals surface area contributed by atoms with Crippen molar-refractivity contribution in [3.63, 3.8) is 0 Å². The Bertz CT molecular complexity index is 174. The minimum absolute atomic E-state index is 0.249. The number of hydrogen-bond donors (Lipinski definition) is 0. The number of carbonyl (C=O) groups is 1. The molecule has 0 aromatic rings. The lowest BCUT2D eigenvalue weighted by atomic mass is 9.89. The zero-order valence-electron chi connectivity index (χ0n) is 7.92. The third-order valence-corrected chi connectivity index (χ3v) is 3.27. The second kappa shape index (κ2) is 2.59. The first-order chi connectivity index (χ1) is 4.95. The molecule has 0 N–H and O–H groups in total. The average Bonchev–Trinajstić information content (AvgIpc) is 1.95. The number of nitrogens with zero attached hydrogens (tertiary/aromatic N) is 1. The van der Waals surface area contributed by atoms with Crippen molar-refractivity contribution in [1.82, 2.24) is 0 Å².